The highest BCUT2D eigenvalue weighted by atomic mass is 19.4. The van der Waals surface area contributed by atoms with Gasteiger partial charge in [0.1, 0.15) is 17.7 Å². The number of halogens is 3. The highest BCUT2D eigenvalue weighted by Crippen LogP contribution is 2.36. The summed E-state index contributed by atoms with van der Waals surface area (Å²) in [4.78, 5) is 11.2. The molecule has 3 aliphatic rings. The molecule has 1 saturated heterocycles. The predicted octanol–water partition coefficient (Wildman–Crippen LogP) is 4.47. The molecule has 0 aliphatic carbocycles. The third-order valence-corrected chi connectivity index (χ3v) is 6.24. The summed E-state index contributed by atoms with van der Waals surface area (Å²) < 4.78 is 51.7. The average molecular weight is 458 g/mol. The number of alkyl halides is 3. The molecule has 2 aromatic carbocycles. The standard InChI is InChI=1S/C24H25F3N4O2/c1-14-18(4-3-5-20(14)24(25,26)27)15(2)29-22-19-12-16(33-17-8-11-32-13-17)6-7-21(19)31-10-9-28-23(31)30-22/h3-7,12,15,17H,8-11,13H2,1-2H3,(H,28,29,30). The van der Waals surface area contributed by atoms with Crippen LogP contribution in [-0.2, 0) is 10.9 Å². The van der Waals surface area contributed by atoms with E-state index in [0.717, 1.165) is 30.3 Å². The van der Waals surface area contributed by atoms with Crippen molar-refractivity contribution in [3.63, 3.8) is 0 Å². The summed E-state index contributed by atoms with van der Waals surface area (Å²) in [5.41, 5.74) is 1.94. The molecular weight excluding hydrogens is 433 g/mol. The third kappa shape index (κ3) is 4.17. The van der Waals surface area contributed by atoms with E-state index in [1.807, 2.05) is 30.0 Å². The van der Waals surface area contributed by atoms with Crippen molar-refractivity contribution in [3.8, 4) is 5.75 Å². The van der Waals surface area contributed by atoms with Gasteiger partial charge in [-0.05, 0) is 49.2 Å². The van der Waals surface area contributed by atoms with Gasteiger partial charge in [0.25, 0.3) is 0 Å². The largest absolute Gasteiger partial charge is 0.488 e. The topological polar surface area (TPSA) is 58.5 Å². The van der Waals surface area contributed by atoms with E-state index < -0.39 is 17.8 Å². The Morgan fingerprint density at radius 1 is 1.24 bits per heavy atom. The number of aliphatic imine (C=N–C) groups is 2. The van der Waals surface area contributed by atoms with E-state index in [4.69, 9.17) is 14.5 Å². The number of hydrogen-bond donors (Lipinski definition) is 1. The van der Waals surface area contributed by atoms with Crippen molar-refractivity contribution in [1.29, 1.82) is 0 Å². The van der Waals surface area contributed by atoms with Crippen molar-refractivity contribution in [2.45, 2.75) is 38.6 Å². The lowest BCUT2D eigenvalue weighted by atomic mass is 9.96. The second-order valence-corrected chi connectivity index (χ2v) is 8.46. The highest BCUT2D eigenvalue weighted by molar-refractivity contribution is 6.18. The first-order valence-corrected chi connectivity index (χ1v) is 11.0. The number of nitrogens with one attached hydrogen (secondary N) is 1. The molecule has 2 atom stereocenters. The number of nitrogens with zero attached hydrogens (tertiary/aromatic N) is 3. The fourth-order valence-electron chi connectivity index (χ4n) is 4.55. The molecule has 174 valence electrons. The summed E-state index contributed by atoms with van der Waals surface area (Å²) in [5, 5.41) is 3.34. The highest BCUT2D eigenvalue weighted by Gasteiger charge is 2.34. The second-order valence-electron chi connectivity index (χ2n) is 8.46. The Balaban J connectivity index is 1.47. The Kier molecular flexibility index (Phi) is 5.52. The molecule has 3 aliphatic heterocycles. The molecule has 0 saturated carbocycles. The summed E-state index contributed by atoms with van der Waals surface area (Å²) in [7, 11) is 0. The smallest absolute Gasteiger partial charge is 0.416 e. The Morgan fingerprint density at radius 3 is 2.85 bits per heavy atom. The van der Waals surface area contributed by atoms with Gasteiger partial charge in [0.2, 0.25) is 5.96 Å². The number of benzene rings is 2. The lowest BCUT2D eigenvalue weighted by molar-refractivity contribution is -0.138. The van der Waals surface area contributed by atoms with Crippen LogP contribution in [0.15, 0.2) is 46.4 Å². The molecule has 2 aromatic rings. The number of rotatable bonds is 4. The molecular formula is C24H25F3N4O2. The van der Waals surface area contributed by atoms with Crippen LogP contribution >= 0.6 is 0 Å². The average Bonchev–Trinajstić information content (AvgIpc) is 3.45. The van der Waals surface area contributed by atoms with Gasteiger partial charge in [0.15, 0.2) is 0 Å². The van der Waals surface area contributed by atoms with Crippen molar-refractivity contribution in [2.24, 2.45) is 9.98 Å². The lowest BCUT2D eigenvalue weighted by Crippen LogP contribution is -2.38. The van der Waals surface area contributed by atoms with Crippen molar-refractivity contribution in [1.82, 2.24) is 5.32 Å². The quantitative estimate of drug-likeness (QED) is 0.735. The van der Waals surface area contributed by atoms with Crippen LogP contribution in [0.3, 0.4) is 0 Å². The summed E-state index contributed by atoms with van der Waals surface area (Å²) in [6.45, 7) is 5.97. The molecule has 0 bridgehead atoms. The fourth-order valence-corrected chi connectivity index (χ4v) is 4.55. The molecule has 1 N–H and O–H groups in total. The van der Waals surface area contributed by atoms with Crippen LogP contribution in [0.1, 0.15) is 41.6 Å². The van der Waals surface area contributed by atoms with Gasteiger partial charge in [-0.1, -0.05) is 12.1 Å². The second kappa shape index (κ2) is 8.37. The molecule has 0 amide bonds. The summed E-state index contributed by atoms with van der Waals surface area (Å²) >= 11 is 0. The van der Waals surface area contributed by atoms with Crippen LogP contribution in [0.5, 0.6) is 5.75 Å². The summed E-state index contributed by atoms with van der Waals surface area (Å²) in [6.07, 6.45) is -3.55. The maximum absolute atomic E-state index is 13.4. The molecule has 0 aromatic heterocycles. The zero-order chi connectivity index (χ0) is 23.2. The minimum absolute atomic E-state index is 0.00980. The van der Waals surface area contributed by atoms with Gasteiger partial charge < -0.3 is 19.7 Å². The van der Waals surface area contributed by atoms with E-state index in [1.165, 1.54) is 13.0 Å². The van der Waals surface area contributed by atoms with Crippen LogP contribution in [0.25, 0.3) is 0 Å². The van der Waals surface area contributed by atoms with Gasteiger partial charge in [-0.3, -0.25) is 0 Å². The van der Waals surface area contributed by atoms with E-state index in [9.17, 15) is 13.2 Å². The van der Waals surface area contributed by atoms with Crippen LogP contribution in [0.4, 0.5) is 18.9 Å². The molecule has 2 unspecified atom stereocenters. The summed E-state index contributed by atoms with van der Waals surface area (Å²) in [6, 6.07) is 9.71. The molecule has 1 fully saturated rings. The Morgan fingerprint density at radius 2 is 2.09 bits per heavy atom. The van der Waals surface area contributed by atoms with Crippen LogP contribution in [-0.4, -0.2) is 44.2 Å². The lowest BCUT2D eigenvalue weighted by Gasteiger charge is -2.29. The number of fused-ring (bicyclic) bond motifs is 3. The maximum atomic E-state index is 13.4. The SMILES string of the molecule is Cc1c(C(C)NC2=NC3=NCCN3c3ccc(OC4CCOC4)cc32)cccc1C(F)(F)F. The molecule has 9 heteroatoms. The first kappa shape index (κ1) is 21.8. The third-order valence-electron chi connectivity index (χ3n) is 6.24. The Bertz CT molecular complexity index is 1120. The normalized spacial score (nSPS) is 20.6. The zero-order valence-electron chi connectivity index (χ0n) is 18.4. The number of amidine groups is 1. The van der Waals surface area contributed by atoms with Crippen LogP contribution in [0.2, 0.25) is 0 Å². The molecule has 0 radical (unpaired) electrons. The number of hydrogen-bond acceptors (Lipinski definition) is 6. The van der Waals surface area contributed by atoms with Crippen molar-refractivity contribution in [3.05, 3.63) is 58.7 Å². The first-order chi connectivity index (χ1) is 15.8. The van der Waals surface area contributed by atoms with Gasteiger partial charge >= 0.3 is 6.18 Å². The van der Waals surface area contributed by atoms with E-state index in [2.05, 4.69) is 10.3 Å². The van der Waals surface area contributed by atoms with E-state index in [0.29, 0.717) is 42.9 Å². The first-order valence-electron chi connectivity index (χ1n) is 11.0. The molecule has 3 heterocycles. The predicted molar refractivity (Wildman–Crippen MR) is 120 cm³/mol. The Hall–Kier alpha value is -3.07. The Labute approximate surface area is 190 Å². The van der Waals surface area contributed by atoms with Crippen molar-refractivity contribution >= 4 is 17.5 Å². The number of ether oxygens (including phenoxy) is 2. The van der Waals surface area contributed by atoms with E-state index >= 15 is 0 Å². The zero-order valence-corrected chi connectivity index (χ0v) is 18.4. The minimum Gasteiger partial charge on any atom is -0.488 e. The monoisotopic (exact) mass is 458 g/mol. The summed E-state index contributed by atoms with van der Waals surface area (Å²) in [5.74, 6) is 1.89. The van der Waals surface area contributed by atoms with E-state index in [-0.39, 0.29) is 11.7 Å². The molecule has 5 rings (SSSR count). The van der Waals surface area contributed by atoms with Gasteiger partial charge in [-0.25, -0.2) is 4.99 Å². The van der Waals surface area contributed by atoms with Gasteiger partial charge in [-0.2, -0.15) is 18.2 Å². The van der Waals surface area contributed by atoms with Gasteiger partial charge in [0, 0.05) is 18.5 Å². The van der Waals surface area contributed by atoms with Crippen LogP contribution < -0.4 is 15.0 Å². The molecule has 0 spiro atoms. The number of guanidine groups is 1. The maximum Gasteiger partial charge on any atom is 0.416 e. The number of anilines is 1. The minimum atomic E-state index is -4.40. The van der Waals surface area contributed by atoms with Crippen molar-refractivity contribution in [2.75, 3.05) is 31.2 Å². The van der Waals surface area contributed by atoms with Crippen LogP contribution in [0, 0.1) is 6.92 Å². The van der Waals surface area contributed by atoms with E-state index in [1.54, 1.807) is 6.07 Å². The fraction of sp³-hybridized carbons (Fsp3) is 0.417. The molecule has 33 heavy (non-hydrogen) atoms. The van der Waals surface area contributed by atoms with Gasteiger partial charge in [-0.15, -0.1) is 0 Å². The van der Waals surface area contributed by atoms with Gasteiger partial charge in [0.05, 0.1) is 37.1 Å². The molecule has 6 nitrogen and oxygen atoms in total. The van der Waals surface area contributed by atoms with Crippen molar-refractivity contribution < 1.29 is 22.6 Å².